The predicted molar refractivity (Wildman–Crippen MR) is 112 cm³/mol. The first-order valence-electron chi connectivity index (χ1n) is 8.16. The molecule has 150 valence electrons. The van der Waals surface area contributed by atoms with E-state index in [1.165, 1.54) is 0 Å². The number of carbonyl (C=O) groups is 2. The van der Waals surface area contributed by atoms with Crippen LogP contribution in [-0.2, 0) is 4.79 Å². The Labute approximate surface area is 180 Å². The lowest BCUT2D eigenvalue weighted by atomic mass is 10.2. The van der Waals surface area contributed by atoms with Crippen LogP contribution in [0, 0.1) is 0 Å². The summed E-state index contributed by atoms with van der Waals surface area (Å²) in [5.74, 6) is 0.610. The Hall–Kier alpha value is -2.75. The smallest absolute Gasteiger partial charge is 0.318 e. The maximum atomic E-state index is 11.8. The second-order valence-corrected chi connectivity index (χ2v) is 7.43. The lowest BCUT2D eigenvalue weighted by Crippen LogP contribution is -2.36. The zero-order valence-corrected chi connectivity index (χ0v) is 17.4. The van der Waals surface area contributed by atoms with Crippen molar-refractivity contribution in [2.75, 3.05) is 12.9 Å². The molecule has 11 heteroatoms. The molecule has 0 fully saturated rings. The van der Waals surface area contributed by atoms with Crippen LogP contribution in [0.25, 0.3) is 17.1 Å². The number of primary amides is 1. The van der Waals surface area contributed by atoms with E-state index < -0.39 is 11.9 Å². The van der Waals surface area contributed by atoms with Crippen molar-refractivity contribution in [3.63, 3.8) is 0 Å². The zero-order chi connectivity index (χ0) is 21.0. The number of rotatable bonds is 6. The van der Waals surface area contributed by atoms with Gasteiger partial charge in [-0.25, -0.2) is 4.79 Å². The first kappa shape index (κ1) is 21.0. The van der Waals surface area contributed by atoms with Gasteiger partial charge >= 0.3 is 6.03 Å². The van der Waals surface area contributed by atoms with Crippen molar-refractivity contribution in [1.82, 2.24) is 20.1 Å². The Morgan fingerprint density at radius 3 is 2.48 bits per heavy atom. The number of ether oxygens (including phenoxy) is 1. The lowest BCUT2D eigenvalue weighted by Gasteiger charge is -2.11. The Bertz CT molecular complexity index is 1060. The molecule has 8 nitrogen and oxygen atoms in total. The molecule has 1 aromatic heterocycles. The molecule has 3 aromatic rings. The van der Waals surface area contributed by atoms with Crippen LogP contribution in [-0.4, -0.2) is 39.6 Å². The van der Waals surface area contributed by atoms with Crippen LogP contribution >= 0.6 is 35.0 Å². The van der Waals surface area contributed by atoms with Gasteiger partial charge in [0, 0.05) is 5.56 Å². The number of methoxy groups -OCH3 is 1. The fourth-order valence-electron chi connectivity index (χ4n) is 2.45. The highest BCUT2D eigenvalue weighted by Gasteiger charge is 2.18. The summed E-state index contributed by atoms with van der Waals surface area (Å²) in [6.07, 6.45) is 0. The third kappa shape index (κ3) is 5.00. The van der Waals surface area contributed by atoms with Crippen LogP contribution in [0.2, 0.25) is 10.0 Å². The summed E-state index contributed by atoms with van der Waals surface area (Å²) in [5.41, 5.74) is 6.40. The molecular formula is C18H15Cl2N5O3S. The van der Waals surface area contributed by atoms with E-state index in [2.05, 4.69) is 10.2 Å². The summed E-state index contributed by atoms with van der Waals surface area (Å²) < 4.78 is 6.93. The quantitative estimate of drug-likeness (QED) is 0.554. The molecule has 0 aliphatic carbocycles. The second kappa shape index (κ2) is 9.17. The molecule has 3 amide bonds. The van der Waals surface area contributed by atoms with Crippen LogP contribution in [0.4, 0.5) is 4.79 Å². The Morgan fingerprint density at radius 1 is 1.14 bits per heavy atom. The van der Waals surface area contributed by atoms with Gasteiger partial charge in [0.1, 0.15) is 5.75 Å². The number of imide groups is 1. The Balaban J connectivity index is 2.01. The van der Waals surface area contributed by atoms with Crippen LogP contribution in [0.15, 0.2) is 47.6 Å². The average molecular weight is 452 g/mol. The van der Waals surface area contributed by atoms with Gasteiger partial charge in [0.2, 0.25) is 5.91 Å². The van der Waals surface area contributed by atoms with Crippen molar-refractivity contribution in [3.05, 3.63) is 52.5 Å². The third-order valence-corrected chi connectivity index (χ3v) is 5.41. The van der Waals surface area contributed by atoms with Gasteiger partial charge in [-0.15, -0.1) is 10.2 Å². The normalized spacial score (nSPS) is 10.6. The van der Waals surface area contributed by atoms with Crippen LogP contribution in [0.5, 0.6) is 5.75 Å². The molecule has 3 rings (SSSR count). The minimum atomic E-state index is -0.916. The number of thioether (sulfide) groups is 1. The van der Waals surface area contributed by atoms with Gasteiger partial charge in [0.05, 0.1) is 28.6 Å². The van der Waals surface area contributed by atoms with Crippen molar-refractivity contribution < 1.29 is 14.3 Å². The number of hydrogen-bond acceptors (Lipinski definition) is 6. The maximum Gasteiger partial charge on any atom is 0.318 e. The summed E-state index contributed by atoms with van der Waals surface area (Å²) in [5, 5.41) is 11.7. The molecule has 0 spiro atoms. The Morgan fingerprint density at radius 2 is 1.86 bits per heavy atom. The van der Waals surface area contributed by atoms with E-state index in [1.807, 2.05) is 17.4 Å². The topological polar surface area (TPSA) is 112 Å². The molecule has 2 aromatic carbocycles. The minimum absolute atomic E-state index is 0.0784. The number of carbonyl (C=O) groups excluding carboxylic acids is 2. The fraction of sp³-hybridized carbons (Fsp3) is 0.111. The van der Waals surface area contributed by atoms with Gasteiger partial charge in [0.15, 0.2) is 11.0 Å². The van der Waals surface area contributed by atoms with Crippen LogP contribution < -0.4 is 15.8 Å². The van der Waals surface area contributed by atoms with E-state index in [-0.39, 0.29) is 5.75 Å². The number of nitrogens with one attached hydrogen (secondary N) is 1. The molecule has 0 atom stereocenters. The van der Waals surface area contributed by atoms with E-state index in [1.54, 1.807) is 42.0 Å². The van der Waals surface area contributed by atoms with Crippen molar-refractivity contribution in [2.24, 2.45) is 5.73 Å². The molecule has 0 aliphatic rings. The van der Waals surface area contributed by atoms with Gasteiger partial charge in [-0.3, -0.25) is 14.7 Å². The number of halogens is 2. The van der Waals surface area contributed by atoms with Crippen LogP contribution in [0.3, 0.4) is 0 Å². The third-order valence-electron chi connectivity index (χ3n) is 3.74. The first-order chi connectivity index (χ1) is 13.9. The molecule has 0 saturated heterocycles. The van der Waals surface area contributed by atoms with Gasteiger partial charge < -0.3 is 10.5 Å². The summed E-state index contributed by atoms with van der Waals surface area (Å²) in [6, 6.07) is 11.5. The summed E-state index contributed by atoms with van der Waals surface area (Å²) in [4.78, 5) is 22.6. The van der Waals surface area contributed by atoms with E-state index >= 15 is 0 Å². The number of amides is 3. The van der Waals surface area contributed by atoms with Crippen molar-refractivity contribution >= 4 is 46.9 Å². The SMILES string of the molecule is COc1ccc(-c2nnc(SCC(=O)NC(N)=O)n2-c2ccc(Cl)c(Cl)c2)cc1. The van der Waals surface area contributed by atoms with Crippen molar-refractivity contribution in [1.29, 1.82) is 0 Å². The fourth-order valence-corrected chi connectivity index (χ4v) is 3.50. The predicted octanol–water partition coefficient (Wildman–Crippen LogP) is 3.54. The van der Waals surface area contributed by atoms with E-state index in [9.17, 15) is 9.59 Å². The molecule has 0 unspecified atom stereocenters. The van der Waals surface area contributed by atoms with Gasteiger partial charge in [0.25, 0.3) is 0 Å². The minimum Gasteiger partial charge on any atom is -0.497 e. The Kier molecular flexibility index (Phi) is 6.63. The molecule has 0 radical (unpaired) electrons. The second-order valence-electron chi connectivity index (χ2n) is 5.67. The molecule has 3 N–H and O–H groups in total. The largest absolute Gasteiger partial charge is 0.497 e. The average Bonchev–Trinajstić information content (AvgIpc) is 3.12. The van der Waals surface area contributed by atoms with Gasteiger partial charge in [-0.05, 0) is 42.5 Å². The molecule has 0 aliphatic heterocycles. The van der Waals surface area contributed by atoms with Gasteiger partial charge in [-0.1, -0.05) is 35.0 Å². The van der Waals surface area contributed by atoms with E-state index in [0.29, 0.717) is 32.5 Å². The first-order valence-corrected chi connectivity index (χ1v) is 9.90. The highest BCUT2D eigenvalue weighted by molar-refractivity contribution is 7.99. The summed E-state index contributed by atoms with van der Waals surface area (Å²) in [6.45, 7) is 0. The molecule has 0 saturated carbocycles. The number of benzene rings is 2. The van der Waals surface area contributed by atoms with E-state index in [0.717, 1.165) is 17.3 Å². The van der Waals surface area contributed by atoms with Crippen LogP contribution in [0.1, 0.15) is 0 Å². The van der Waals surface area contributed by atoms with Crippen molar-refractivity contribution in [2.45, 2.75) is 5.16 Å². The number of nitrogens with two attached hydrogens (primary N) is 1. The maximum absolute atomic E-state index is 11.8. The molecule has 0 bridgehead atoms. The van der Waals surface area contributed by atoms with Crippen molar-refractivity contribution in [3.8, 4) is 22.8 Å². The highest BCUT2D eigenvalue weighted by atomic mass is 35.5. The summed E-state index contributed by atoms with van der Waals surface area (Å²) >= 11 is 13.3. The lowest BCUT2D eigenvalue weighted by molar-refractivity contribution is -0.117. The monoisotopic (exact) mass is 451 g/mol. The molecule has 1 heterocycles. The zero-order valence-electron chi connectivity index (χ0n) is 15.1. The number of urea groups is 1. The number of nitrogens with zero attached hydrogens (tertiary/aromatic N) is 3. The standard InChI is InChI=1S/C18H15Cl2N5O3S/c1-28-12-5-2-10(3-6-12)16-23-24-18(29-9-15(26)22-17(21)27)25(16)11-4-7-13(19)14(20)8-11/h2-8H,9H2,1H3,(H3,21,22,26,27). The summed E-state index contributed by atoms with van der Waals surface area (Å²) in [7, 11) is 1.58. The molecular weight excluding hydrogens is 437 g/mol. The van der Waals surface area contributed by atoms with Gasteiger partial charge in [-0.2, -0.15) is 0 Å². The highest BCUT2D eigenvalue weighted by Crippen LogP contribution is 2.31. The van der Waals surface area contributed by atoms with E-state index in [4.69, 9.17) is 33.7 Å². The number of hydrogen-bond donors (Lipinski definition) is 2. The molecule has 29 heavy (non-hydrogen) atoms. The number of aromatic nitrogens is 3.